The second-order valence-electron chi connectivity index (χ2n) is 8.88. The lowest BCUT2D eigenvalue weighted by Gasteiger charge is -2.43. The first-order valence-corrected chi connectivity index (χ1v) is 12.0. The number of aryl methyl sites for hydroxylation is 1. The fourth-order valence-corrected chi connectivity index (χ4v) is 5.28. The van der Waals surface area contributed by atoms with Crippen LogP contribution in [0.25, 0.3) is 10.7 Å². The van der Waals surface area contributed by atoms with Crippen LogP contribution in [0.4, 0.5) is 20.3 Å². The highest BCUT2D eigenvalue weighted by Crippen LogP contribution is 2.35. The molecule has 0 bridgehead atoms. The van der Waals surface area contributed by atoms with Gasteiger partial charge in [0.2, 0.25) is 5.92 Å². The summed E-state index contributed by atoms with van der Waals surface area (Å²) in [6.07, 6.45) is 0.810. The van der Waals surface area contributed by atoms with E-state index in [-0.39, 0.29) is 18.9 Å². The third-order valence-electron chi connectivity index (χ3n) is 6.53. The number of hydrogen-bond donors (Lipinski definition) is 1. The lowest BCUT2D eigenvalue weighted by atomic mass is 9.92. The monoisotopic (exact) mass is 449 g/mol. The number of rotatable bonds is 5. The topological polar surface area (TPSA) is 53.5 Å². The van der Waals surface area contributed by atoms with E-state index in [0.717, 1.165) is 67.3 Å². The Kier molecular flexibility index (Phi) is 5.83. The van der Waals surface area contributed by atoms with E-state index in [9.17, 15) is 8.78 Å². The summed E-state index contributed by atoms with van der Waals surface area (Å²) in [6.45, 7) is 7.60. The first-order chi connectivity index (χ1) is 14.9. The highest BCUT2D eigenvalue weighted by Gasteiger charge is 2.35. The predicted molar refractivity (Wildman–Crippen MR) is 119 cm³/mol. The van der Waals surface area contributed by atoms with E-state index in [1.807, 2.05) is 12.3 Å². The normalized spacial score (nSPS) is 23.0. The third kappa shape index (κ3) is 4.83. The molecule has 1 saturated carbocycles. The van der Waals surface area contributed by atoms with E-state index in [1.165, 1.54) is 0 Å². The second kappa shape index (κ2) is 8.60. The van der Waals surface area contributed by atoms with Gasteiger partial charge in [-0.05, 0) is 25.8 Å². The molecule has 4 heterocycles. The molecular weight excluding hydrogens is 420 g/mol. The van der Waals surface area contributed by atoms with Crippen LogP contribution in [0.2, 0.25) is 0 Å². The van der Waals surface area contributed by atoms with Crippen molar-refractivity contribution in [2.24, 2.45) is 0 Å². The smallest absolute Gasteiger partial charge is 0.248 e. The van der Waals surface area contributed by atoms with Gasteiger partial charge in [0.1, 0.15) is 16.5 Å². The molecule has 0 spiro atoms. The van der Waals surface area contributed by atoms with Gasteiger partial charge in [0.05, 0.1) is 19.3 Å². The van der Waals surface area contributed by atoms with Crippen molar-refractivity contribution in [3.63, 3.8) is 0 Å². The SMILES string of the molecule is Cc1csc(-c2cc(N3CCN(C4COC4)CC3)cc(NC3CCC(F)(F)CC3)n2)n1. The van der Waals surface area contributed by atoms with E-state index < -0.39 is 5.92 Å². The number of nitrogens with one attached hydrogen (secondary N) is 1. The number of pyridine rings is 1. The summed E-state index contributed by atoms with van der Waals surface area (Å²) in [6, 6.07) is 4.78. The summed E-state index contributed by atoms with van der Waals surface area (Å²) in [7, 11) is 0. The van der Waals surface area contributed by atoms with Crippen LogP contribution in [-0.2, 0) is 4.74 Å². The molecule has 2 aromatic rings. The van der Waals surface area contributed by atoms with Gasteiger partial charge in [-0.3, -0.25) is 4.90 Å². The minimum Gasteiger partial charge on any atom is -0.378 e. The highest BCUT2D eigenvalue weighted by molar-refractivity contribution is 7.13. The van der Waals surface area contributed by atoms with Gasteiger partial charge in [-0.15, -0.1) is 11.3 Å². The molecule has 3 aliphatic rings. The molecule has 0 aromatic carbocycles. The van der Waals surface area contributed by atoms with Gasteiger partial charge >= 0.3 is 0 Å². The average molecular weight is 450 g/mol. The van der Waals surface area contributed by atoms with Crippen LogP contribution < -0.4 is 10.2 Å². The molecule has 0 unspecified atom stereocenters. The van der Waals surface area contributed by atoms with Gasteiger partial charge in [-0.2, -0.15) is 0 Å². The molecule has 9 heteroatoms. The number of nitrogens with zero attached hydrogens (tertiary/aromatic N) is 4. The van der Waals surface area contributed by atoms with E-state index in [2.05, 4.69) is 32.2 Å². The average Bonchev–Trinajstić information content (AvgIpc) is 3.15. The standard InChI is InChI=1S/C22H29F2N5OS/c1-15-14-31-21(25-15)19-10-17(28-6-8-29(9-7-28)18-12-30-13-18)11-20(27-19)26-16-2-4-22(23,24)5-3-16/h10-11,14,16,18H,2-9,12-13H2,1H3,(H,26,27). The number of ether oxygens (including phenoxy) is 1. The Hall–Kier alpha value is -1.84. The van der Waals surface area contributed by atoms with Crippen molar-refractivity contribution < 1.29 is 13.5 Å². The van der Waals surface area contributed by atoms with Crippen molar-refractivity contribution in [1.29, 1.82) is 0 Å². The number of hydrogen-bond acceptors (Lipinski definition) is 7. The summed E-state index contributed by atoms with van der Waals surface area (Å²) in [4.78, 5) is 14.3. The van der Waals surface area contributed by atoms with Crippen molar-refractivity contribution in [1.82, 2.24) is 14.9 Å². The molecule has 2 saturated heterocycles. The van der Waals surface area contributed by atoms with Gasteiger partial charge in [0, 0.05) is 67.9 Å². The quantitative estimate of drug-likeness (QED) is 0.744. The zero-order valence-corrected chi connectivity index (χ0v) is 18.6. The van der Waals surface area contributed by atoms with Crippen molar-refractivity contribution in [2.45, 2.75) is 50.6 Å². The summed E-state index contributed by atoms with van der Waals surface area (Å²) in [5.41, 5.74) is 2.94. The number of alkyl halides is 2. The Morgan fingerprint density at radius 2 is 1.84 bits per heavy atom. The number of piperazine rings is 1. The Morgan fingerprint density at radius 3 is 2.45 bits per heavy atom. The Bertz CT molecular complexity index is 901. The maximum absolute atomic E-state index is 13.6. The van der Waals surface area contributed by atoms with Crippen LogP contribution in [0, 0.1) is 6.92 Å². The number of halogens is 2. The third-order valence-corrected chi connectivity index (χ3v) is 7.52. The first-order valence-electron chi connectivity index (χ1n) is 11.1. The molecule has 1 N–H and O–H groups in total. The first kappa shape index (κ1) is 21.0. The second-order valence-corrected chi connectivity index (χ2v) is 9.74. The molecule has 0 radical (unpaired) electrons. The Balaban J connectivity index is 1.35. The number of anilines is 2. The summed E-state index contributed by atoms with van der Waals surface area (Å²) >= 11 is 1.59. The van der Waals surface area contributed by atoms with Crippen molar-refractivity contribution >= 4 is 22.8 Å². The summed E-state index contributed by atoms with van der Waals surface area (Å²) in [5, 5.41) is 6.36. The Morgan fingerprint density at radius 1 is 1.10 bits per heavy atom. The fraction of sp³-hybridized carbons (Fsp3) is 0.636. The molecule has 168 valence electrons. The van der Waals surface area contributed by atoms with E-state index in [1.54, 1.807) is 11.3 Å². The molecule has 6 nitrogen and oxygen atoms in total. The highest BCUT2D eigenvalue weighted by atomic mass is 32.1. The van der Waals surface area contributed by atoms with E-state index in [0.29, 0.717) is 18.9 Å². The van der Waals surface area contributed by atoms with Gasteiger partial charge in [0.25, 0.3) is 0 Å². The predicted octanol–water partition coefficient (Wildman–Crippen LogP) is 4.02. The number of thiazole rings is 1. The number of aromatic nitrogens is 2. The summed E-state index contributed by atoms with van der Waals surface area (Å²) in [5.74, 6) is -1.77. The van der Waals surface area contributed by atoms with Crippen LogP contribution in [-0.4, -0.2) is 72.3 Å². The lowest BCUT2D eigenvalue weighted by Crippen LogP contribution is -2.56. The largest absolute Gasteiger partial charge is 0.378 e. The molecule has 0 atom stereocenters. The van der Waals surface area contributed by atoms with Gasteiger partial charge in [0.15, 0.2) is 0 Å². The zero-order chi connectivity index (χ0) is 21.4. The molecule has 3 fully saturated rings. The van der Waals surface area contributed by atoms with Gasteiger partial charge < -0.3 is 15.0 Å². The summed E-state index contributed by atoms with van der Waals surface area (Å²) < 4.78 is 32.5. The maximum Gasteiger partial charge on any atom is 0.248 e. The minimum absolute atomic E-state index is 0.0312. The molecular formula is C22H29F2N5OS. The molecule has 2 aliphatic heterocycles. The minimum atomic E-state index is -2.53. The maximum atomic E-state index is 13.6. The van der Waals surface area contributed by atoms with E-state index in [4.69, 9.17) is 9.72 Å². The van der Waals surface area contributed by atoms with Crippen molar-refractivity contribution in [3.8, 4) is 10.7 Å². The molecule has 5 rings (SSSR count). The Labute approximate surface area is 185 Å². The molecule has 2 aromatic heterocycles. The fourth-order valence-electron chi connectivity index (χ4n) is 4.53. The molecule has 1 aliphatic carbocycles. The van der Waals surface area contributed by atoms with Crippen LogP contribution in [0.3, 0.4) is 0 Å². The van der Waals surface area contributed by atoms with E-state index >= 15 is 0 Å². The van der Waals surface area contributed by atoms with Crippen LogP contribution in [0.15, 0.2) is 17.5 Å². The lowest BCUT2D eigenvalue weighted by molar-refractivity contribution is -0.0660. The van der Waals surface area contributed by atoms with Gasteiger partial charge in [-0.25, -0.2) is 18.7 Å². The van der Waals surface area contributed by atoms with Crippen molar-refractivity contribution in [3.05, 3.63) is 23.2 Å². The zero-order valence-electron chi connectivity index (χ0n) is 17.8. The molecule has 31 heavy (non-hydrogen) atoms. The van der Waals surface area contributed by atoms with Crippen LogP contribution in [0.5, 0.6) is 0 Å². The molecule has 0 amide bonds. The van der Waals surface area contributed by atoms with Crippen LogP contribution in [0.1, 0.15) is 31.4 Å². The van der Waals surface area contributed by atoms with Crippen molar-refractivity contribution in [2.75, 3.05) is 49.6 Å². The van der Waals surface area contributed by atoms with Crippen LogP contribution >= 0.6 is 11.3 Å². The van der Waals surface area contributed by atoms with Gasteiger partial charge in [-0.1, -0.05) is 0 Å².